The smallest absolute Gasteiger partial charge is 0.226 e. The number of aromatic nitrogens is 3. The van der Waals surface area contributed by atoms with Gasteiger partial charge in [-0.25, -0.2) is 15.0 Å². The van der Waals surface area contributed by atoms with Gasteiger partial charge in [-0.3, -0.25) is 4.90 Å². The number of nitrogens with two attached hydrogens (primary N) is 1. The highest BCUT2D eigenvalue weighted by Gasteiger charge is 2.13. The lowest BCUT2D eigenvalue weighted by Crippen LogP contribution is -2.18. The molecule has 0 aliphatic carbocycles. The molecule has 2 N–H and O–H groups in total. The van der Waals surface area contributed by atoms with Gasteiger partial charge in [0.25, 0.3) is 0 Å². The molecule has 0 atom stereocenters. The van der Waals surface area contributed by atoms with E-state index in [1.165, 1.54) is 4.90 Å². The van der Waals surface area contributed by atoms with Gasteiger partial charge >= 0.3 is 0 Å². The molecule has 0 saturated heterocycles. The van der Waals surface area contributed by atoms with E-state index in [2.05, 4.69) is 38.2 Å². The highest BCUT2D eigenvalue weighted by atomic mass is 32.2. The Hall–Kier alpha value is -2.38. The molecule has 0 spiro atoms. The Bertz CT molecular complexity index is 830. The van der Waals surface area contributed by atoms with Gasteiger partial charge < -0.3 is 10.2 Å². The molecule has 3 aromatic rings. The Labute approximate surface area is 151 Å². The lowest BCUT2D eigenvalue weighted by Gasteiger charge is -2.14. The SMILES string of the molecule is CSc1ccc(-c2nc(CN(C)Cc3cnc(N)nc3)c(C)o2)cc1. The van der Waals surface area contributed by atoms with E-state index in [4.69, 9.17) is 10.2 Å². The Morgan fingerprint density at radius 3 is 2.44 bits per heavy atom. The molecule has 2 aromatic heterocycles. The molecule has 0 fully saturated rings. The fraction of sp³-hybridized carbons (Fsp3) is 0.278. The largest absolute Gasteiger partial charge is 0.441 e. The van der Waals surface area contributed by atoms with Crippen molar-refractivity contribution in [3.63, 3.8) is 0 Å². The van der Waals surface area contributed by atoms with E-state index in [-0.39, 0.29) is 5.95 Å². The number of anilines is 1. The monoisotopic (exact) mass is 355 g/mol. The van der Waals surface area contributed by atoms with Gasteiger partial charge in [0.1, 0.15) is 5.76 Å². The van der Waals surface area contributed by atoms with Crippen molar-refractivity contribution in [2.75, 3.05) is 19.0 Å². The molecular weight excluding hydrogens is 334 g/mol. The number of benzene rings is 1. The summed E-state index contributed by atoms with van der Waals surface area (Å²) in [6.45, 7) is 3.34. The van der Waals surface area contributed by atoms with E-state index in [0.29, 0.717) is 19.0 Å². The van der Waals surface area contributed by atoms with Crippen molar-refractivity contribution in [3.05, 3.63) is 53.7 Å². The summed E-state index contributed by atoms with van der Waals surface area (Å²) in [6.07, 6.45) is 5.55. The summed E-state index contributed by atoms with van der Waals surface area (Å²) in [5, 5.41) is 0. The first-order valence-corrected chi connectivity index (χ1v) is 9.13. The van der Waals surface area contributed by atoms with E-state index < -0.39 is 0 Å². The Morgan fingerprint density at radius 1 is 1.12 bits per heavy atom. The van der Waals surface area contributed by atoms with Crippen molar-refractivity contribution in [1.82, 2.24) is 19.9 Å². The van der Waals surface area contributed by atoms with E-state index in [1.54, 1.807) is 24.2 Å². The Morgan fingerprint density at radius 2 is 1.80 bits per heavy atom. The normalized spacial score (nSPS) is 11.2. The van der Waals surface area contributed by atoms with Crippen LogP contribution < -0.4 is 5.73 Å². The van der Waals surface area contributed by atoms with Crippen LogP contribution in [-0.4, -0.2) is 33.2 Å². The highest BCUT2D eigenvalue weighted by Crippen LogP contribution is 2.25. The fourth-order valence-corrected chi connectivity index (χ4v) is 2.91. The second kappa shape index (κ2) is 7.67. The quantitative estimate of drug-likeness (QED) is 0.679. The first-order valence-electron chi connectivity index (χ1n) is 7.91. The number of nitrogens with zero attached hydrogens (tertiary/aromatic N) is 4. The zero-order chi connectivity index (χ0) is 17.8. The molecule has 1 aromatic carbocycles. The van der Waals surface area contributed by atoms with Gasteiger partial charge in [-0.1, -0.05) is 0 Å². The van der Waals surface area contributed by atoms with Crippen molar-refractivity contribution in [3.8, 4) is 11.5 Å². The van der Waals surface area contributed by atoms with Crippen LogP contribution in [0.25, 0.3) is 11.5 Å². The van der Waals surface area contributed by atoms with Gasteiger partial charge in [0.15, 0.2) is 0 Å². The molecule has 0 unspecified atom stereocenters. The molecule has 0 aliphatic rings. The maximum absolute atomic E-state index is 5.86. The van der Waals surface area contributed by atoms with Crippen LogP contribution in [-0.2, 0) is 13.1 Å². The third-order valence-electron chi connectivity index (χ3n) is 3.83. The van der Waals surface area contributed by atoms with E-state index >= 15 is 0 Å². The zero-order valence-electron chi connectivity index (χ0n) is 14.6. The molecule has 7 heteroatoms. The molecule has 6 nitrogen and oxygen atoms in total. The van der Waals surface area contributed by atoms with E-state index in [9.17, 15) is 0 Å². The van der Waals surface area contributed by atoms with Crippen LogP contribution in [0.2, 0.25) is 0 Å². The number of thioether (sulfide) groups is 1. The lowest BCUT2D eigenvalue weighted by molar-refractivity contribution is 0.312. The fourth-order valence-electron chi connectivity index (χ4n) is 2.50. The third kappa shape index (κ3) is 4.37. The number of rotatable bonds is 6. The summed E-state index contributed by atoms with van der Waals surface area (Å²) in [6, 6.07) is 8.23. The van der Waals surface area contributed by atoms with Crippen LogP contribution in [0, 0.1) is 6.92 Å². The predicted molar refractivity (Wildman–Crippen MR) is 100 cm³/mol. The molecule has 0 bridgehead atoms. The minimum Gasteiger partial charge on any atom is -0.441 e. The molecule has 0 aliphatic heterocycles. The molecule has 130 valence electrons. The van der Waals surface area contributed by atoms with Crippen LogP contribution in [0.5, 0.6) is 0 Å². The maximum Gasteiger partial charge on any atom is 0.226 e. The molecule has 25 heavy (non-hydrogen) atoms. The van der Waals surface area contributed by atoms with Crippen molar-refractivity contribution in [1.29, 1.82) is 0 Å². The maximum atomic E-state index is 5.86. The average Bonchev–Trinajstić information content (AvgIpc) is 2.97. The van der Waals surface area contributed by atoms with Crippen LogP contribution in [0.4, 0.5) is 5.95 Å². The van der Waals surface area contributed by atoms with Crippen LogP contribution in [0.3, 0.4) is 0 Å². The summed E-state index contributed by atoms with van der Waals surface area (Å²) >= 11 is 1.72. The lowest BCUT2D eigenvalue weighted by atomic mass is 10.2. The van der Waals surface area contributed by atoms with Crippen LogP contribution >= 0.6 is 11.8 Å². The summed E-state index contributed by atoms with van der Waals surface area (Å²) < 4.78 is 5.86. The predicted octanol–water partition coefficient (Wildman–Crippen LogP) is 3.38. The number of hydrogen-bond acceptors (Lipinski definition) is 7. The van der Waals surface area contributed by atoms with Gasteiger partial charge in [0.2, 0.25) is 11.8 Å². The summed E-state index contributed by atoms with van der Waals surface area (Å²) in [5.41, 5.74) is 8.44. The minimum atomic E-state index is 0.288. The van der Waals surface area contributed by atoms with E-state index in [0.717, 1.165) is 22.6 Å². The third-order valence-corrected chi connectivity index (χ3v) is 4.57. The number of oxazole rings is 1. The zero-order valence-corrected chi connectivity index (χ0v) is 15.4. The topological polar surface area (TPSA) is 81.1 Å². The molecule has 3 rings (SSSR count). The number of aryl methyl sites for hydroxylation is 1. The first-order chi connectivity index (χ1) is 12.0. The van der Waals surface area contributed by atoms with Gasteiger partial charge in [0.05, 0.1) is 5.69 Å². The minimum absolute atomic E-state index is 0.288. The summed E-state index contributed by atoms with van der Waals surface area (Å²) in [4.78, 5) is 16.1. The van der Waals surface area contributed by atoms with Gasteiger partial charge in [-0.2, -0.15) is 0 Å². The molecule has 0 radical (unpaired) electrons. The second-order valence-electron chi connectivity index (χ2n) is 5.87. The molecule has 0 amide bonds. The van der Waals surface area contributed by atoms with Gasteiger partial charge in [-0.15, -0.1) is 11.8 Å². The second-order valence-corrected chi connectivity index (χ2v) is 6.75. The van der Waals surface area contributed by atoms with Gasteiger partial charge in [0, 0.05) is 41.5 Å². The first kappa shape index (κ1) is 17.4. The Balaban J connectivity index is 1.70. The van der Waals surface area contributed by atoms with Gasteiger partial charge in [-0.05, 0) is 44.5 Å². The van der Waals surface area contributed by atoms with Crippen molar-refractivity contribution < 1.29 is 4.42 Å². The average molecular weight is 355 g/mol. The molecule has 2 heterocycles. The van der Waals surface area contributed by atoms with Crippen molar-refractivity contribution in [2.24, 2.45) is 0 Å². The number of nitrogen functional groups attached to an aromatic ring is 1. The Kier molecular flexibility index (Phi) is 5.35. The van der Waals surface area contributed by atoms with Crippen molar-refractivity contribution in [2.45, 2.75) is 24.9 Å². The van der Waals surface area contributed by atoms with Crippen molar-refractivity contribution >= 4 is 17.7 Å². The highest BCUT2D eigenvalue weighted by molar-refractivity contribution is 7.98. The summed E-state index contributed by atoms with van der Waals surface area (Å²) in [5.74, 6) is 1.78. The summed E-state index contributed by atoms with van der Waals surface area (Å²) in [7, 11) is 2.03. The van der Waals surface area contributed by atoms with Crippen LogP contribution in [0.15, 0.2) is 46.0 Å². The van der Waals surface area contributed by atoms with Crippen LogP contribution in [0.1, 0.15) is 17.0 Å². The number of hydrogen-bond donors (Lipinski definition) is 1. The molecule has 0 saturated carbocycles. The van der Waals surface area contributed by atoms with E-state index in [1.807, 2.05) is 26.1 Å². The standard InChI is InChI=1S/C18H21N5OS/c1-12-16(11-23(2)10-13-8-20-18(19)21-9-13)22-17(24-12)14-4-6-15(25-3)7-5-14/h4-9H,10-11H2,1-3H3,(H2,19,20,21). The molecular formula is C18H21N5OS.